The molecule has 0 spiro atoms. The zero-order valence-corrected chi connectivity index (χ0v) is 20.9. The second kappa shape index (κ2) is 24.3. The van der Waals surface area contributed by atoms with Gasteiger partial charge in [0.2, 0.25) is 0 Å². The Hall–Kier alpha value is 0.0700. The van der Waals surface area contributed by atoms with Gasteiger partial charge in [-0.2, -0.15) is 4.21 Å². The van der Waals surface area contributed by atoms with Gasteiger partial charge >= 0.3 is 11.4 Å². The molecule has 2 unspecified atom stereocenters. The van der Waals surface area contributed by atoms with E-state index in [1.165, 1.54) is 103 Å². The summed E-state index contributed by atoms with van der Waals surface area (Å²) >= 11 is -1.57. The summed E-state index contributed by atoms with van der Waals surface area (Å²) in [5.41, 5.74) is 0. The fourth-order valence-corrected chi connectivity index (χ4v) is 4.31. The molecule has 0 N–H and O–H groups in total. The van der Waals surface area contributed by atoms with Crippen molar-refractivity contribution in [2.45, 2.75) is 143 Å². The summed E-state index contributed by atoms with van der Waals surface area (Å²) in [7, 11) is 0. The molecule has 0 saturated carbocycles. The number of hydrogen-bond acceptors (Lipinski definition) is 3. The summed E-state index contributed by atoms with van der Waals surface area (Å²) in [6.07, 6.45) is 24.9. The quantitative estimate of drug-likeness (QED) is 0.143. The number of unbranched alkanes of at least 4 members (excludes halogenated alkanes) is 15. The van der Waals surface area contributed by atoms with Gasteiger partial charge in [-0.3, -0.25) is 8.37 Å². The highest BCUT2D eigenvalue weighted by Crippen LogP contribution is 2.15. The maximum atomic E-state index is 11.8. The van der Waals surface area contributed by atoms with E-state index in [4.69, 9.17) is 8.37 Å². The van der Waals surface area contributed by atoms with Gasteiger partial charge in [0, 0.05) is 0 Å². The molecular weight excluding hydrogens is 380 g/mol. The van der Waals surface area contributed by atoms with E-state index in [9.17, 15) is 4.21 Å². The first-order valence-electron chi connectivity index (χ1n) is 12.9. The molecule has 0 fully saturated rings. The molecule has 0 aromatic carbocycles. The molecule has 0 aromatic rings. The molecule has 0 radical (unpaired) electrons. The molecule has 176 valence electrons. The molecule has 0 amide bonds. The average molecular weight is 433 g/mol. The predicted molar refractivity (Wildman–Crippen MR) is 128 cm³/mol. The predicted octanol–water partition coefficient (Wildman–Crippen LogP) is 8.69. The molecule has 4 heteroatoms. The van der Waals surface area contributed by atoms with Crippen molar-refractivity contribution in [2.75, 3.05) is 13.2 Å². The van der Waals surface area contributed by atoms with Crippen LogP contribution in [0.4, 0.5) is 0 Å². The van der Waals surface area contributed by atoms with Crippen molar-refractivity contribution >= 4 is 11.4 Å². The first-order chi connectivity index (χ1) is 14.2. The lowest BCUT2D eigenvalue weighted by molar-refractivity contribution is 0.205. The van der Waals surface area contributed by atoms with Crippen molar-refractivity contribution in [2.24, 2.45) is 5.92 Å². The van der Waals surface area contributed by atoms with Gasteiger partial charge in [0.25, 0.3) is 0 Å². The van der Waals surface area contributed by atoms with E-state index in [0.29, 0.717) is 19.1 Å². The molecule has 0 saturated heterocycles. The van der Waals surface area contributed by atoms with E-state index in [1.54, 1.807) is 0 Å². The van der Waals surface area contributed by atoms with Crippen molar-refractivity contribution in [1.82, 2.24) is 0 Å². The molecular formula is C25H52O3S. The van der Waals surface area contributed by atoms with Crippen LogP contribution < -0.4 is 0 Å². The van der Waals surface area contributed by atoms with E-state index in [0.717, 1.165) is 19.3 Å². The lowest BCUT2D eigenvalue weighted by Crippen LogP contribution is -2.12. The largest absolute Gasteiger partial charge is 0.304 e. The Morgan fingerprint density at radius 1 is 0.586 bits per heavy atom. The Balaban J connectivity index is 3.25. The monoisotopic (exact) mass is 432 g/mol. The molecule has 0 aliphatic rings. The molecule has 0 aliphatic heterocycles. The summed E-state index contributed by atoms with van der Waals surface area (Å²) in [5, 5.41) is 0. The fraction of sp³-hybridized carbons (Fsp3) is 1.00. The molecule has 2 atom stereocenters. The third-order valence-electron chi connectivity index (χ3n) is 5.87. The second-order valence-corrected chi connectivity index (χ2v) is 9.56. The minimum atomic E-state index is -1.57. The van der Waals surface area contributed by atoms with E-state index in [1.807, 2.05) is 0 Å². The van der Waals surface area contributed by atoms with Crippen LogP contribution in [0.15, 0.2) is 0 Å². The molecule has 29 heavy (non-hydrogen) atoms. The van der Waals surface area contributed by atoms with E-state index in [-0.39, 0.29) is 0 Å². The van der Waals surface area contributed by atoms with Crippen LogP contribution in [-0.4, -0.2) is 17.4 Å². The minimum Gasteiger partial charge on any atom is -0.268 e. The third kappa shape index (κ3) is 22.6. The lowest BCUT2D eigenvalue weighted by atomic mass is 10.0. The zero-order valence-electron chi connectivity index (χ0n) is 20.1. The first kappa shape index (κ1) is 29.1. The smallest absolute Gasteiger partial charge is 0.268 e. The molecule has 0 heterocycles. The molecule has 0 bridgehead atoms. The Bertz CT molecular complexity index is 336. The minimum absolute atomic E-state index is 0.508. The normalized spacial score (nSPS) is 13.6. The van der Waals surface area contributed by atoms with Crippen molar-refractivity contribution in [3.8, 4) is 0 Å². The Morgan fingerprint density at radius 3 is 1.48 bits per heavy atom. The highest BCUT2D eigenvalue weighted by atomic mass is 32.2. The van der Waals surface area contributed by atoms with Crippen LogP contribution in [0.3, 0.4) is 0 Å². The molecule has 0 rings (SSSR count). The zero-order chi connectivity index (χ0) is 21.4. The van der Waals surface area contributed by atoms with Crippen LogP contribution in [-0.2, 0) is 19.7 Å². The Labute approximate surface area is 186 Å². The highest BCUT2D eigenvalue weighted by Gasteiger charge is 2.09. The van der Waals surface area contributed by atoms with Gasteiger partial charge in [-0.25, -0.2) is 0 Å². The summed E-state index contributed by atoms with van der Waals surface area (Å²) in [4.78, 5) is 0. The van der Waals surface area contributed by atoms with Gasteiger partial charge in [0.05, 0.1) is 13.2 Å². The fourth-order valence-electron chi connectivity index (χ4n) is 3.68. The molecule has 0 aliphatic carbocycles. The molecule has 0 aromatic heterocycles. The average Bonchev–Trinajstić information content (AvgIpc) is 2.73. The number of hydrogen-bond donors (Lipinski definition) is 0. The second-order valence-electron chi connectivity index (χ2n) is 8.68. The topological polar surface area (TPSA) is 35.5 Å². The van der Waals surface area contributed by atoms with Gasteiger partial charge < -0.3 is 0 Å². The van der Waals surface area contributed by atoms with Crippen LogP contribution in [0, 0.1) is 5.92 Å². The third-order valence-corrected chi connectivity index (χ3v) is 6.56. The van der Waals surface area contributed by atoms with E-state index >= 15 is 0 Å². The van der Waals surface area contributed by atoms with Crippen LogP contribution in [0.25, 0.3) is 0 Å². The van der Waals surface area contributed by atoms with Gasteiger partial charge in [-0.1, -0.05) is 130 Å². The van der Waals surface area contributed by atoms with Crippen LogP contribution in [0.5, 0.6) is 0 Å². The van der Waals surface area contributed by atoms with Gasteiger partial charge in [0.1, 0.15) is 0 Å². The molecule has 3 nitrogen and oxygen atoms in total. The summed E-state index contributed by atoms with van der Waals surface area (Å²) in [6.45, 7) is 7.76. The van der Waals surface area contributed by atoms with E-state index < -0.39 is 11.4 Å². The van der Waals surface area contributed by atoms with Crippen LogP contribution in [0.1, 0.15) is 143 Å². The Kier molecular flexibility index (Phi) is 24.4. The van der Waals surface area contributed by atoms with Gasteiger partial charge in [-0.15, -0.1) is 0 Å². The maximum Gasteiger partial charge on any atom is 0.304 e. The van der Waals surface area contributed by atoms with E-state index in [2.05, 4.69) is 20.8 Å². The summed E-state index contributed by atoms with van der Waals surface area (Å²) in [5.74, 6) is 0.508. The SMILES string of the molecule is CCCCCCCCCCCCCCCCCOS(=O)OCC(CC)CCCC. The van der Waals surface area contributed by atoms with Crippen LogP contribution in [0.2, 0.25) is 0 Å². The maximum absolute atomic E-state index is 11.8. The highest BCUT2D eigenvalue weighted by molar-refractivity contribution is 7.75. The van der Waals surface area contributed by atoms with Crippen molar-refractivity contribution in [3.05, 3.63) is 0 Å². The van der Waals surface area contributed by atoms with Gasteiger partial charge in [-0.05, 0) is 18.8 Å². The summed E-state index contributed by atoms with van der Waals surface area (Å²) in [6, 6.07) is 0. The van der Waals surface area contributed by atoms with Crippen molar-refractivity contribution in [3.63, 3.8) is 0 Å². The van der Waals surface area contributed by atoms with Crippen molar-refractivity contribution in [1.29, 1.82) is 0 Å². The summed E-state index contributed by atoms with van der Waals surface area (Å²) < 4.78 is 22.4. The lowest BCUT2D eigenvalue weighted by Gasteiger charge is -2.13. The van der Waals surface area contributed by atoms with Gasteiger partial charge in [0.15, 0.2) is 0 Å². The number of rotatable bonds is 24. The van der Waals surface area contributed by atoms with Crippen LogP contribution >= 0.6 is 0 Å². The Morgan fingerprint density at radius 2 is 1.03 bits per heavy atom. The first-order valence-corrected chi connectivity index (χ1v) is 13.9. The standard InChI is InChI=1S/C25H52O3S/c1-4-7-9-10-11-12-13-14-15-16-17-18-19-20-21-23-27-29(26)28-24-25(6-3)22-8-5-2/h25H,4-24H2,1-3H3. The van der Waals surface area contributed by atoms with Crippen molar-refractivity contribution < 1.29 is 12.6 Å².